The number of aryl methyl sites for hydroxylation is 1. The van der Waals surface area contributed by atoms with Gasteiger partial charge in [0.25, 0.3) is 0 Å². The van der Waals surface area contributed by atoms with E-state index >= 15 is 0 Å². The van der Waals surface area contributed by atoms with Gasteiger partial charge in [-0.15, -0.1) is 0 Å². The van der Waals surface area contributed by atoms with Crippen molar-refractivity contribution in [1.82, 2.24) is 9.78 Å². The van der Waals surface area contributed by atoms with Crippen molar-refractivity contribution in [3.8, 4) is 0 Å². The second kappa shape index (κ2) is 3.60. The average Bonchev–Trinajstić information content (AvgIpc) is 2.81. The Kier molecular flexibility index (Phi) is 1.53. The zero-order valence-electron chi connectivity index (χ0n) is 14.9. The van der Waals surface area contributed by atoms with E-state index in [-0.39, 0.29) is 0 Å². The van der Waals surface area contributed by atoms with E-state index in [4.69, 9.17) is 16.2 Å². The summed E-state index contributed by atoms with van der Waals surface area (Å²) in [6.07, 6.45) is 1.28. The van der Waals surface area contributed by atoms with Crippen LogP contribution in [0.25, 0.3) is 0 Å². The lowest BCUT2D eigenvalue weighted by molar-refractivity contribution is 0.00578. The topological polar surface area (TPSA) is 36.3 Å². The highest BCUT2D eigenvalue weighted by Gasteiger charge is 2.52. The molecule has 0 bridgehead atoms. The first-order valence-electron chi connectivity index (χ1n) is 7.70. The Morgan fingerprint density at radius 3 is 2.62 bits per heavy atom. The second-order valence-corrected chi connectivity index (χ2v) is 4.89. The van der Waals surface area contributed by atoms with Crippen molar-refractivity contribution in [2.45, 2.75) is 52.2 Å². The van der Waals surface area contributed by atoms with Crippen LogP contribution >= 0.6 is 0 Å². The molecule has 2 rings (SSSR count). The summed E-state index contributed by atoms with van der Waals surface area (Å²) in [6.45, 7) is 2.18. The number of hydrogen-bond acceptors (Lipinski definition) is 3. The van der Waals surface area contributed by atoms with Crippen molar-refractivity contribution < 1.29 is 16.2 Å². The molecular weight excluding hydrogens is 203 g/mol. The van der Waals surface area contributed by atoms with Gasteiger partial charge in [0, 0.05) is 16.8 Å². The fraction of sp³-hybridized carbons (Fsp3) is 0.727. The molecule has 0 aromatic carbocycles. The first-order valence-corrected chi connectivity index (χ1v) is 5.20. The summed E-state index contributed by atoms with van der Waals surface area (Å²) in [5.74, 6) is 0. The van der Waals surface area contributed by atoms with E-state index in [1.807, 2.05) is 27.7 Å². The summed E-state index contributed by atoms with van der Waals surface area (Å²) < 4.78 is 49.5. The van der Waals surface area contributed by atoms with Crippen LogP contribution in [0.4, 0.5) is 0 Å². The molecule has 5 heteroatoms. The first kappa shape index (κ1) is 6.82. The lowest BCUT2D eigenvalue weighted by Gasteiger charge is -2.32. The third kappa shape index (κ3) is 1.78. The SMILES string of the molecule is [2H]C([2H])([2H])C([2H])([2H])n1ccc(B2OC(C)(C)C(C)(C)O2)n1. The van der Waals surface area contributed by atoms with Gasteiger partial charge in [0.1, 0.15) is 0 Å². The zero-order chi connectivity index (χ0) is 16.3. The highest BCUT2D eigenvalue weighted by Crippen LogP contribution is 2.36. The van der Waals surface area contributed by atoms with E-state index in [9.17, 15) is 0 Å². The van der Waals surface area contributed by atoms with Crippen LogP contribution in [0.2, 0.25) is 0 Å². The van der Waals surface area contributed by atoms with Gasteiger partial charge in [0.2, 0.25) is 0 Å². The number of nitrogens with zero attached hydrogens (tertiary/aromatic N) is 2. The quantitative estimate of drug-likeness (QED) is 0.712. The van der Waals surface area contributed by atoms with Gasteiger partial charge >= 0.3 is 7.12 Å². The third-order valence-corrected chi connectivity index (χ3v) is 3.22. The molecule has 1 aliphatic rings. The van der Waals surface area contributed by atoms with Crippen molar-refractivity contribution in [2.75, 3.05) is 0 Å². The lowest BCUT2D eigenvalue weighted by atomic mass is 9.85. The Balaban J connectivity index is 2.27. The molecule has 0 saturated carbocycles. The molecule has 0 aliphatic carbocycles. The summed E-state index contributed by atoms with van der Waals surface area (Å²) in [4.78, 5) is 0. The zero-order valence-corrected chi connectivity index (χ0v) is 9.94. The largest absolute Gasteiger partial charge is 0.516 e. The van der Waals surface area contributed by atoms with Crippen LogP contribution in [-0.4, -0.2) is 28.1 Å². The Morgan fingerprint density at radius 1 is 1.44 bits per heavy atom. The van der Waals surface area contributed by atoms with Crippen molar-refractivity contribution in [3.63, 3.8) is 0 Å². The minimum Gasteiger partial charge on any atom is -0.398 e. The van der Waals surface area contributed by atoms with Crippen LogP contribution < -0.4 is 5.59 Å². The fourth-order valence-electron chi connectivity index (χ4n) is 1.49. The molecule has 1 aromatic rings. The lowest BCUT2D eigenvalue weighted by Crippen LogP contribution is -2.41. The van der Waals surface area contributed by atoms with Gasteiger partial charge in [-0.2, -0.15) is 5.10 Å². The first-order chi connectivity index (χ1) is 9.28. The average molecular weight is 227 g/mol. The minimum absolute atomic E-state index is 0.349. The maximum absolute atomic E-state index is 7.68. The van der Waals surface area contributed by atoms with Gasteiger partial charge in [-0.3, -0.25) is 4.68 Å². The van der Waals surface area contributed by atoms with Crippen LogP contribution in [0.1, 0.15) is 41.4 Å². The van der Waals surface area contributed by atoms with Crippen molar-refractivity contribution in [3.05, 3.63) is 12.3 Å². The van der Waals surface area contributed by atoms with E-state index in [0.29, 0.717) is 5.59 Å². The summed E-state index contributed by atoms with van der Waals surface area (Å²) in [5, 5.41) is 3.99. The second-order valence-electron chi connectivity index (χ2n) is 4.89. The van der Waals surface area contributed by atoms with Crippen molar-refractivity contribution >= 4 is 12.7 Å². The molecule has 1 aliphatic heterocycles. The van der Waals surface area contributed by atoms with E-state index < -0.39 is 31.7 Å². The summed E-state index contributed by atoms with van der Waals surface area (Å²) in [6, 6.07) is 1.51. The monoisotopic (exact) mass is 227 g/mol. The van der Waals surface area contributed by atoms with Crippen LogP contribution in [0.3, 0.4) is 0 Å². The van der Waals surface area contributed by atoms with Gasteiger partial charge in [-0.1, -0.05) is 0 Å². The maximum Gasteiger partial charge on any atom is 0.516 e. The van der Waals surface area contributed by atoms with Crippen LogP contribution in [0.5, 0.6) is 0 Å². The molecule has 2 heterocycles. The molecule has 0 unspecified atom stereocenters. The molecule has 1 aromatic heterocycles. The molecule has 88 valence electrons. The van der Waals surface area contributed by atoms with Gasteiger partial charge in [0.15, 0.2) is 0 Å². The summed E-state index contributed by atoms with van der Waals surface area (Å²) in [7, 11) is -0.747. The summed E-state index contributed by atoms with van der Waals surface area (Å²) in [5.41, 5.74) is -0.726. The van der Waals surface area contributed by atoms with E-state index in [2.05, 4.69) is 5.10 Å². The van der Waals surface area contributed by atoms with Crippen molar-refractivity contribution in [2.24, 2.45) is 0 Å². The van der Waals surface area contributed by atoms with E-state index in [1.165, 1.54) is 12.3 Å². The predicted octanol–water partition coefficient (Wildman–Crippen LogP) is 1.20. The molecule has 0 atom stereocenters. The highest BCUT2D eigenvalue weighted by atomic mass is 16.7. The van der Waals surface area contributed by atoms with E-state index in [1.54, 1.807) is 0 Å². The number of rotatable bonds is 2. The summed E-state index contributed by atoms with van der Waals surface area (Å²) >= 11 is 0. The van der Waals surface area contributed by atoms with Gasteiger partial charge < -0.3 is 9.31 Å². The Morgan fingerprint density at radius 2 is 2.06 bits per heavy atom. The molecule has 1 fully saturated rings. The van der Waals surface area contributed by atoms with Crippen LogP contribution in [0.15, 0.2) is 12.3 Å². The standard InChI is InChI=1S/C11H19BN2O2/c1-6-14-8-7-9(13-14)12-15-10(2,3)11(4,5)16-12/h7-8H,6H2,1-5H3/i1D3,6D2. The molecule has 4 nitrogen and oxygen atoms in total. The van der Waals surface area contributed by atoms with Gasteiger partial charge in [-0.25, -0.2) is 0 Å². The highest BCUT2D eigenvalue weighted by molar-refractivity contribution is 6.61. The van der Waals surface area contributed by atoms with Crippen LogP contribution in [-0.2, 0) is 15.8 Å². The Bertz CT molecular complexity index is 525. The normalized spacial score (nSPS) is 29.0. The van der Waals surface area contributed by atoms with E-state index in [0.717, 1.165) is 4.68 Å². The molecule has 0 radical (unpaired) electrons. The molecular formula is C11H19BN2O2. The molecule has 0 amide bonds. The maximum atomic E-state index is 7.68. The number of aromatic nitrogens is 2. The van der Waals surface area contributed by atoms with Gasteiger partial charge in [-0.05, 0) is 40.6 Å². The molecule has 16 heavy (non-hydrogen) atoms. The van der Waals surface area contributed by atoms with Crippen LogP contribution in [0, 0.1) is 0 Å². The smallest absolute Gasteiger partial charge is 0.398 e. The molecule has 0 N–H and O–H groups in total. The Labute approximate surface area is 104 Å². The number of hydrogen-bond donors (Lipinski definition) is 0. The molecule has 0 spiro atoms. The van der Waals surface area contributed by atoms with Gasteiger partial charge in [0.05, 0.1) is 19.5 Å². The minimum atomic E-state index is -2.81. The Hall–Kier alpha value is -0.805. The van der Waals surface area contributed by atoms with Crippen molar-refractivity contribution in [1.29, 1.82) is 0 Å². The predicted molar refractivity (Wildman–Crippen MR) is 63.6 cm³/mol. The fourth-order valence-corrected chi connectivity index (χ4v) is 1.49. The molecule has 1 saturated heterocycles. The third-order valence-electron chi connectivity index (χ3n) is 3.22.